The van der Waals surface area contributed by atoms with Gasteiger partial charge in [0.1, 0.15) is 17.1 Å². The summed E-state index contributed by atoms with van der Waals surface area (Å²) in [4.78, 5) is 19.3. The van der Waals surface area contributed by atoms with Gasteiger partial charge in [0.05, 0.1) is 11.4 Å². The van der Waals surface area contributed by atoms with E-state index in [1.807, 2.05) is 35.7 Å². The van der Waals surface area contributed by atoms with E-state index in [-0.39, 0.29) is 16.6 Å². The molecule has 1 aliphatic rings. The van der Waals surface area contributed by atoms with Crippen molar-refractivity contribution < 1.29 is 9.52 Å². The molecule has 1 unspecified atom stereocenters. The zero-order chi connectivity index (χ0) is 17.4. The fourth-order valence-corrected chi connectivity index (χ4v) is 5.02. The number of hydrogen-bond donors (Lipinski definition) is 1. The van der Waals surface area contributed by atoms with Gasteiger partial charge in [-0.25, -0.2) is 4.79 Å². The zero-order valence-corrected chi connectivity index (χ0v) is 15.1. The smallest absolute Gasteiger partial charge is 0.348 e. The summed E-state index contributed by atoms with van der Waals surface area (Å²) in [5.74, 6) is 0.298. The Balaban J connectivity index is 1.89. The zero-order valence-electron chi connectivity index (χ0n) is 13.4. The van der Waals surface area contributed by atoms with Gasteiger partial charge in [0.15, 0.2) is 0 Å². The van der Waals surface area contributed by atoms with Crippen LogP contribution in [0.2, 0.25) is 0 Å². The summed E-state index contributed by atoms with van der Waals surface area (Å²) in [5, 5.41) is 12.5. The highest BCUT2D eigenvalue weighted by atomic mass is 32.2. The molecular formula is C19H15NO3S2. The van der Waals surface area contributed by atoms with E-state index in [1.165, 1.54) is 10.9 Å². The number of nitrogens with zero attached hydrogens (tertiary/aromatic N) is 1. The van der Waals surface area contributed by atoms with E-state index in [0.29, 0.717) is 17.9 Å². The number of aromatic hydroxyl groups is 1. The van der Waals surface area contributed by atoms with Gasteiger partial charge >= 0.3 is 5.63 Å². The lowest BCUT2D eigenvalue weighted by molar-refractivity contribution is 0.432. The maximum Gasteiger partial charge on any atom is 0.348 e. The largest absolute Gasteiger partial charge is 0.507 e. The van der Waals surface area contributed by atoms with Crippen LogP contribution >= 0.6 is 23.1 Å². The van der Waals surface area contributed by atoms with E-state index >= 15 is 0 Å². The lowest BCUT2D eigenvalue weighted by Crippen LogP contribution is -2.16. The molecular weight excluding hydrogens is 354 g/mol. The summed E-state index contributed by atoms with van der Waals surface area (Å²) < 4.78 is 5.20. The lowest BCUT2D eigenvalue weighted by atomic mass is 10.1. The van der Waals surface area contributed by atoms with Gasteiger partial charge in [-0.05, 0) is 30.5 Å². The third kappa shape index (κ3) is 3.15. The molecule has 0 bridgehead atoms. The quantitative estimate of drug-likeness (QED) is 0.685. The van der Waals surface area contributed by atoms with Crippen molar-refractivity contribution >= 4 is 34.5 Å². The number of thiophene rings is 1. The van der Waals surface area contributed by atoms with Gasteiger partial charge in [-0.3, -0.25) is 4.99 Å². The molecule has 1 aliphatic heterocycles. The van der Waals surface area contributed by atoms with Crippen molar-refractivity contribution in [3.8, 4) is 5.75 Å². The van der Waals surface area contributed by atoms with Crippen LogP contribution in [0.5, 0.6) is 5.75 Å². The minimum Gasteiger partial charge on any atom is -0.507 e. The van der Waals surface area contributed by atoms with Crippen LogP contribution in [0, 0.1) is 6.92 Å². The Morgan fingerprint density at radius 3 is 2.84 bits per heavy atom. The second-order valence-electron chi connectivity index (χ2n) is 5.76. The maximum atomic E-state index is 12.4. The van der Waals surface area contributed by atoms with Crippen molar-refractivity contribution in [2.24, 2.45) is 4.99 Å². The van der Waals surface area contributed by atoms with Gasteiger partial charge in [0.2, 0.25) is 0 Å². The second-order valence-corrected chi connectivity index (χ2v) is 7.98. The third-order valence-corrected chi connectivity index (χ3v) is 6.41. The van der Waals surface area contributed by atoms with Crippen molar-refractivity contribution in [2.75, 3.05) is 0 Å². The standard InChI is InChI=1S/C19H15NO3S2/c1-11-9-14(21)18(19(22)23-11)13-10-17(16-7-4-8-24-16)25-15-6-3-2-5-12(15)20-13/h2-9,17,21H,10H2,1H3. The summed E-state index contributed by atoms with van der Waals surface area (Å²) >= 11 is 3.41. The highest BCUT2D eigenvalue weighted by Gasteiger charge is 2.26. The van der Waals surface area contributed by atoms with Crippen LogP contribution in [0.25, 0.3) is 0 Å². The predicted molar refractivity (Wildman–Crippen MR) is 102 cm³/mol. The Kier molecular flexibility index (Phi) is 4.23. The first-order chi connectivity index (χ1) is 12.1. The van der Waals surface area contributed by atoms with Crippen LogP contribution in [0.1, 0.15) is 27.9 Å². The molecule has 0 spiro atoms. The minimum atomic E-state index is -0.550. The van der Waals surface area contributed by atoms with E-state index in [4.69, 9.17) is 9.41 Å². The molecule has 2 aromatic heterocycles. The van der Waals surface area contributed by atoms with Crippen molar-refractivity contribution in [1.29, 1.82) is 0 Å². The summed E-state index contributed by atoms with van der Waals surface area (Å²) in [6.07, 6.45) is 0.543. The first-order valence-electron chi connectivity index (χ1n) is 7.82. The molecule has 0 saturated carbocycles. The normalized spacial score (nSPS) is 16.8. The number of para-hydroxylation sites is 1. The number of aliphatic imine (C=N–C) groups is 1. The van der Waals surface area contributed by atoms with Crippen molar-refractivity contribution in [2.45, 2.75) is 23.5 Å². The van der Waals surface area contributed by atoms with Crippen LogP contribution in [-0.2, 0) is 0 Å². The Labute approximate surface area is 152 Å². The first-order valence-corrected chi connectivity index (χ1v) is 9.58. The van der Waals surface area contributed by atoms with Gasteiger partial charge in [-0.2, -0.15) is 0 Å². The van der Waals surface area contributed by atoms with Crippen LogP contribution < -0.4 is 5.63 Å². The average Bonchev–Trinajstić information content (AvgIpc) is 3.02. The van der Waals surface area contributed by atoms with E-state index in [9.17, 15) is 9.90 Å². The van der Waals surface area contributed by atoms with Gasteiger partial charge < -0.3 is 9.52 Å². The molecule has 0 fully saturated rings. The van der Waals surface area contributed by atoms with Crippen molar-refractivity contribution in [3.05, 3.63) is 74.5 Å². The number of fused-ring (bicyclic) bond motifs is 1. The van der Waals surface area contributed by atoms with Crippen molar-refractivity contribution in [1.82, 2.24) is 0 Å². The predicted octanol–water partition coefficient (Wildman–Crippen LogP) is 5.07. The fourth-order valence-electron chi connectivity index (χ4n) is 2.86. The molecule has 6 heteroatoms. The first kappa shape index (κ1) is 16.2. The molecule has 25 heavy (non-hydrogen) atoms. The Hall–Kier alpha value is -2.31. The molecule has 4 nitrogen and oxygen atoms in total. The summed E-state index contributed by atoms with van der Waals surface area (Å²) in [7, 11) is 0. The topological polar surface area (TPSA) is 62.8 Å². The summed E-state index contributed by atoms with van der Waals surface area (Å²) in [6, 6.07) is 13.4. The molecule has 1 atom stereocenters. The molecule has 3 aromatic rings. The molecule has 0 amide bonds. The highest BCUT2D eigenvalue weighted by Crippen LogP contribution is 2.46. The van der Waals surface area contributed by atoms with Crippen LogP contribution in [0.15, 0.2) is 66.9 Å². The molecule has 0 aliphatic carbocycles. The molecule has 126 valence electrons. The molecule has 3 heterocycles. The van der Waals surface area contributed by atoms with Crippen LogP contribution in [-0.4, -0.2) is 10.8 Å². The fraction of sp³-hybridized carbons (Fsp3) is 0.158. The van der Waals surface area contributed by atoms with E-state index in [0.717, 1.165) is 10.6 Å². The Morgan fingerprint density at radius 1 is 1.24 bits per heavy atom. The summed E-state index contributed by atoms with van der Waals surface area (Å²) in [5.41, 5.74) is 0.970. The van der Waals surface area contributed by atoms with Crippen molar-refractivity contribution in [3.63, 3.8) is 0 Å². The molecule has 1 N–H and O–H groups in total. The SMILES string of the molecule is Cc1cc(O)c(C2=Nc3ccccc3SC(c3cccs3)C2)c(=O)o1. The second kappa shape index (κ2) is 6.54. The maximum absolute atomic E-state index is 12.4. The number of benzene rings is 1. The average molecular weight is 369 g/mol. The molecule has 0 radical (unpaired) electrons. The monoisotopic (exact) mass is 369 g/mol. The van der Waals surface area contributed by atoms with Gasteiger partial charge in [-0.1, -0.05) is 18.2 Å². The number of hydrogen-bond acceptors (Lipinski definition) is 6. The Bertz CT molecular complexity index is 1010. The van der Waals surface area contributed by atoms with E-state index < -0.39 is 5.63 Å². The van der Waals surface area contributed by atoms with Crippen LogP contribution in [0.3, 0.4) is 0 Å². The van der Waals surface area contributed by atoms with Gasteiger partial charge in [0, 0.05) is 27.5 Å². The third-order valence-electron chi connectivity index (χ3n) is 3.97. The Morgan fingerprint density at radius 2 is 2.08 bits per heavy atom. The van der Waals surface area contributed by atoms with E-state index in [2.05, 4.69) is 6.07 Å². The summed E-state index contributed by atoms with van der Waals surface area (Å²) in [6.45, 7) is 1.64. The molecule has 0 saturated heterocycles. The van der Waals surface area contributed by atoms with Gasteiger partial charge in [0.25, 0.3) is 0 Å². The lowest BCUT2D eigenvalue weighted by Gasteiger charge is -2.14. The number of aryl methyl sites for hydroxylation is 1. The van der Waals surface area contributed by atoms with E-state index in [1.54, 1.807) is 30.0 Å². The van der Waals surface area contributed by atoms with Crippen LogP contribution in [0.4, 0.5) is 5.69 Å². The molecule has 4 rings (SSSR count). The minimum absolute atomic E-state index is 0.0817. The van der Waals surface area contributed by atoms with Gasteiger partial charge in [-0.15, -0.1) is 23.1 Å². The highest BCUT2D eigenvalue weighted by molar-refractivity contribution is 7.99. The molecule has 1 aromatic carbocycles. The number of thioether (sulfide) groups is 1. The number of rotatable bonds is 2.